The third-order valence-electron chi connectivity index (χ3n) is 3.68. The molecule has 1 aromatic heterocycles. The number of rotatable bonds is 9. The molecule has 0 aliphatic rings. The summed E-state index contributed by atoms with van der Waals surface area (Å²) in [6, 6.07) is 8.42. The van der Waals surface area contributed by atoms with Crippen molar-refractivity contribution in [3.8, 4) is 0 Å². The second kappa shape index (κ2) is 11.9. The lowest BCUT2D eigenvalue weighted by Gasteiger charge is -2.07. The van der Waals surface area contributed by atoms with Crippen LogP contribution in [0.1, 0.15) is 43.7 Å². The Balaban J connectivity index is 0.00000288. The highest BCUT2D eigenvalue weighted by Gasteiger charge is 1.98. The molecule has 2 rings (SSSR count). The predicted molar refractivity (Wildman–Crippen MR) is 111 cm³/mol. The first-order valence-electron chi connectivity index (χ1n) is 8.35. The molecular weight excluding hydrogens is 413 g/mol. The standard InChI is InChI=1S/C18H27N5.HI/c1-2-3-4-5-9-21-18(19)22-13-16-7-6-8-17(12-16)14-23-11-10-20-15-23;/h6-8,10-12,15H,2-5,9,13-14H2,1H3,(H3,19,21,22);1H. The first-order valence-corrected chi connectivity index (χ1v) is 8.35. The zero-order valence-corrected chi connectivity index (χ0v) is 16.6. The monoisotopic (exact) mass is 441 g/mol. The van der Waals surface area contributed by atoms with E-state index in [0.29, 0.717) is 12.5 Å². The van der Waals surface area contributed by atoms with Gasteiger partial charge < -0.3 is 15.6 Å². The van der Waals surface area contributed by atoms with Crippen LogP contribution in [0.25, 0.3) is 0 Å². The summed E-state index contributed by atoms with van der Waals surface area (Å²) in [5, 5.41) is 3.18. The molecule has 132 valence electrons. The van der Waals surface area contributed by atoms with E-state index >= 15 is 0 Å². The fraction of sp³-hybridized carbons (Fsp3) is 0.444. The Kier molecular flexibility index (Phi) is 10.1. The van der Waals surface area contributed by atoms with E-state index in [2.05, 4.69) is 51.0 Å². The van der Waals surface area contributed by atoms with E-state index in [0.717, 1.165) is 19.5 Å². The largest absolute Gasteiger partial charge is 0.370 e. The van der Waals surface area contributed by atoms with Gasteiger partial charge in [0.2, 0.25) is 0 Å². The van der Waals surface area contributed by atoms with Gasteiger partial charge in [-0.05, 0) is 17.5 Å². The van der Waals surface area contributed by atoms with Gasteiger partial charge in [-0.15, -0.1) is 24.0 Å². The number of aromatic nitrogens is 2. The van der Waals surface area contributed by atoms with Gasteiger partial charge in [0.15, 0.2) is 5.96 Å². The molecule has 0 radical (unpaired) electrons. The van der Waals surface area contributed by atoms with Crippen LogP contribution < -0.4 is 11.1 Å². The van der Waals surface area contributed by atoms with Gasteiger partial charge >= 0.3 is 0 Å². The maximum absolute atomic E-state index is 5.91. The maximum atomic E-state index is 5.91. The van der Waals surface area contributed by atoms with Gasteiger partial charge in [0.05, 0.1) is 12.9 Å². The number of benzene rings is 1. The van der Waals surface area contributed by atoms with Crippen LogP contribution >= 0.6 is 24.0 Å². The topological polar surface area (TPSA) is 68.2 Å². The summed E-state index contributed by atoms with van der Waals surface area (Å²) in [6.07, 6.45) is 10.5. The van der Waals surface area contributed by atoms with Crippen molar-refractivity contribution in [1.82, 2.24) is 14.9 Å². The molecule has 0 saturated heterocycles. The van der Waals surface area contributed by atoms with E-state index in [1.807, 2.05) is 12.5 Å². The van der Waals surface area contributed by atoms with Crippen LogP contribution in [0.2, 0.25) is 0 Å². The second-order valence-corrected chi connectivity index (χ2v) is 5.74. The molecule has 0 fully saturated rings. The average Bonchev–Trinajstić information content (AvgIpc) is 3.06. The number of halogens is 1. The van der Waals surface area contributed by atoms with Gasteiger partial charge in [-0.25, -0.2) is 9.98 Å². The van der Waals surface area contributed by atoms with Crippen molar-refractivity contribution in [2.45, 2.75) is 45.7 Å². The fourth-order valence-electron chi connectivity index (χ4n) is 2.42. The van der Waals surface area contributed by atoms with Crippen LogP contribution in [0.15, 0.2) is 48.0 Å². The van der Waals surface area contributed by atoms with E-state index in [9.17, 15) is 0 Å². The van der Waals surface area contributed by atoms with Crippen LogP contribution in [-0.4, -0.2) is 22.1 Å². The molecule has 3 N–H and O–H groups in total. The fourth-order valence-corrected chi connectivity index (χ4v) is 2.42. The van der Waals surface area contributed by atoms with Gasteiger partial charge in [-0.1, -0.05) is 50.5 Å². The predicted octanol–water partition coefficient (Wildman–Crippen LogP) is 3.53. The summed E-state index contributed by atoms with van der Waals surface area (Å²) < 4.78 is 2.05. The Hall–Kier alpha value is -1.57. The molecule has 5 nitrogen and oxygen atoms in total. The molecule has 0 aliphatic heterocycles. The van der Waals surface area contributed by atoms with Gasteiger partial charge in [0, 0.05) is 25.5 Å². The molecule has 24 heavy (non-hydrogen) atoms. The van der Waals surface area contributed by atoms with Crippen molar-refractivity contribution >= 4 is 29.9 Å². The molecule has 0 aliphatic carbocycles. The first-order chi connectivity index (χ1) is 11.3. The molecule has 2 aromatic rings. The lowest BCUT2D eigenvalue weighted by molar-refractivity contribution is 0.652. The third-order valence-corrected chi connectivity index (χ3v) is 3.68. The maximum Gasteiger partial charge on any atom is 0.188 e. The van der Waals surface area contributed by atoms with Gasteiger partial charge in [-0.2, -0.15) is 0 Å². The number of guanidine groups is 1. The first kappa shape index (κ1) is 20.5. The van der Waals surface area contributed by atoms with Crippen LogP contribution in [0.4, 0.5) is 0 Å². The summed E-state index contributed by atoms with van der Waals surface area (Å²) in [6.45, 7) is 4.54. The Morgan fingerprint density at radius 1 is 1.25 bits per heavy atom. The van der Waals surface area contributed by atoms with Gasteiger partial charge in [0.1, 0.15) is 0 Å². The molecule has 6 heteroatoms. The minimum atomic E-state index is 0. The molecule has 0 atom stereocenters. The van der Waals surface area contributed by atoms with Crippen molar-refractivity contribution in [1.29, 1.82) is 0 Å². The number of unbranched alkanes of at least 4 members (excludes halogenated alkanes) is 3. The van der Waals surface area contributed by atoms with Crippen LogP contribution in [0.5, 0.6) is 0 Å². The number of imidazole rings is 1. The van der Waals surface area contributed by atoms with Gasteiger partial charge in [0.25, 0.3) is 0 Å². The quantitative estimate of drug-likeness (QED) is 0.271. The highest BCUT2D eigenvalue weighted by atomic mass is 127. The third kappa shape index (κ3) is 7.81. The Morgan fingerprint density at radius 3 is 2.83 bits per heavy atom. The highest BCUT2D eigenvalue weighted by Crippen LogP contribution is 2.08. The smallest absolute Gasteiger partial charge is 0.188 e. The SMILES string of the molecule is CCCCCCNC(N)=NCc1cccc(Cn2ccnc2)c1.I. The second-order valence-electron chi connectivity index (χ2n) is 5.74. The molecule has 0 unspecified atom stereocenters. The number of nitrogens with two attached hydrogens (primary N) is 1. The molecular formula is C18H28IN5. The lowest BCUT2D eigenvalue weighted by Crippen LogP contribution is -2.32. The van der Waals surface area contributed by atoms with E-state index in [4.69, 9.17) is 5.73 Å². The Bertz CT molecular complexity index is 595. The van der Waals surface area contributed by atoms with E-state index in [1.54, 1.807) is 6.20 Å². The van der Waals surface area contributed by atoms with Crippen molar-refractivity contribution in [3.05, 3.63) is 54.1 Å². The van der Waals surface area contributed by atoms with Crippen LogP contribution in [-0.2, 0) is 13.1 Å². The lowest BCUT2D eigenvalue weighted by atomic mass is 10.1. The summed E-state index contributed by atoms with van der Waals surface area (Å²) in [5.74, 6) is 0.529. The molecule has 1 aromatic carbocycles. The molecule has 0 bridgehead atoms. The highest BCUT2D eigenvalue weighted by molar-refractivity contribution is 14.0. The summed E-state index contributed by atoms with van der Waals surface area (Å²) in [4.78, 5) is 8.48. The molecule has 1 heterocycles. The zero-order valence-electron chi connectivity index (χ0n) is 14.3. The number of nitrogens with zero attached hydrogens (tertiary/aromatic N) is 3. The Labute approximate surface area is 161 Å². The summed E-state index contributed by atoms with van der Waals surface area (Å²) in [5.41, 5.74) is 8.31. The summed E-state index contributed by atoms with van der Waals surface area (Å²) in [7, 11) is 0. The number of aliphatic imine (C=N–C) groups is 1. The van der Waals surface area contributed by atoms with E-state index in [-0.39, 0.29) is 24.0 Å². The average molecular weight is 441 g/mol. The number of nitrogens with one attached hydrogen (secondary N) is 1. The van der Waals surface area contributed by atoms with Gasteiger partial charge in [-0.3, -0.25) is 0 Å². The van der Waals surface area contributed by atoms with Crippen molar-refractivity contribution in [2.75, 3.05) is 6.54 Å². The minimum Gasteiger partial charge on any atom is -0.370 e. The van der Waals surface area contributed by atoms with Crippen LogP contribution in [0, 0.1) is 0 Å². The Morgan fingerprint density at radius 2 is 2.08 bits per heavy atom. The molecule has 0 spiro atoms. The van der Waals surface area contributed by atoms with E-state index < -0.39 is 0 Å². The van der Waals surface area contributed by atoms with Crippen molar-refractivity contribution in [2.24, 2.45) is 10.7 Å². The molecule has 0 saturated carbocycles. The van der Waals surface area contributed by atoms with E-state index in [1.165, 1.54) is 30.4 Å². The number of hydrogen-bond acceptors (Lipinski definition) is 2. The minimum absolute atomic E-state index is 0. The zero-order chi connectivity index (χ0) is 16.3. The van der Waals surface area contributed by atoms with Crippen LogP contribution in [0.3, 0.4) is 0 Å². The van der Waals surface area contributed by atoms with Crippen molar-refractivity contribution < 1.29 is 0 Å². The van der Waals surface area contributed by atoms with Crippen molar-refractivity contribution in [3.63, 3.8) is 0 Å². The summed E-state index contributed by atoms with van der Waals surface area (Å²) >= 11 is 0. The number of hydrogen-bond donors (Lipinski definition) is 2. The molecule has 0 amide bonds. The normalized spacial score (nSPS) is 11.1.